The molecule has 0 saturated carbocycles. The molecule has 21 heavy (non-hydrogen) atoms. The predicted molar refractivity (Wildman–Crippen MR) is 83.8 cm³/mol. The van der Waals surface area contributed by atoms with Crippen LogP contribution in [0.5, 0.6) is 0 Å². The highest BCUT2D eigenvalue weighted by Gasteiger charge is 2.44. The van der Waals surface area contributed by atoms with Crippen molar-refractivity contribution in [3.05, 3.63) is 47.0 Å². The largest absolute Gasteiger partial charge is 0.439 e. The number of imide groups is 1. The van der Waals surface area contributed by atoms with Gasteiger partial charge in [-0.25, -0.2) is 9.69 Å². The summed E-state index contributed by atoms with van der Waals surface area (Å²) in [5.74, 6) is -0.548. The van der Waals surface area contributed by atoms with E-state index in [2.05, 4.69) is 22.5 Å². The molecule has 0 aliphatic carbocycles. The lowest BCUT2D eigenvalue weighted by atomic mass is 10.0. The number of amides is 2. The summed E-state index contributed by atoms with van der Waals surface area (Å²) in [6.45, 7) is 7.35. The van der Waals surface area contributed by atoms with Crippen LogP contribution >= 0.6 is 15.9 Å². The van der Waals surface area contributed by atoms with Gasteiger partial charge in [0.05, 0.1) is 6.04 Å². The van der Waals surface area contributed by atoms with Gasteiger partial charge in [0.2, 0.25) is 5.91 Å². The lowest BCUT2D eigenvalue weighted by Gasteiger charge is -2.22. The standard InChI is InChI=1S/C16H18BrNO3/c1-10(9-11(2)17)15(19)18-12(3)14(21-16(18)20)13-7-5-4-6-8-13/h4-8,10,12,14H,2,9H2,1,3H3/t10-,12+,14+/m1/s1. The fourth-order valence-electron chi connectivity index (χ4n) is 2.50. The molecule has 4 nitrogen and oxygen atoms in total. The summed E-state index contributed by atoms with van der Waals surface area (Å²) in [4.78, 5) is 25.7. The average molecular weight is 352 g/mol. The minimum Gasteiger partial charge on any atom is -0.439 e. The lowest BCUT2D eigenvalue weighted by molar-refractivity contribution is -0.132. The Bertz CT molecular complexity index is 558. The van der Waals surface area contributed by atoms with Crippen LogP contribution in [0.15, 0.2) is 41.4 Å². The molecule has 2 amide bonds. The van der Waals surface area contributed by atoms with E-state index in [9.17, 15) is 9.59 Å². The van der Waals surface area contributed by atoms with Gasteiger partial charge in [-0.15, -0.1) is 0 Å². The molecule has 1 aromatic carbocycles. The molecule has 1 fully saturated rings. The average Bonchev–Trinajstić information content (AvgIpc) is 2.73. The first kappa shape index (κ1) is 15.8. The van der Waals surface area contributed by atoms with Gasteiger partial charge >= 0.3 is 6.09 Å². The molecule has 2 rings (SSSR count). The van der Waals surface area contributed by atoms with Gasteiger partial charge in [0.1, 0.15) is 6.10 Å². The molecule has 5 heteroatoms. The monoisotopic (exact) mass is 351 g/mol. The van der Waals surface area contributed by atoms with Gasteiger partial charge in [0.15, 0.2) is 0 Å². The minimum atomic E-state index is -0.576. The number of allylic oxidation sites excluding steroid dienone is 1. The zero-order chi connectivity index (χ0) is 15.6. The van der Waals surface area contributed by atoms with Gasteiger partial charge in [0.25, 0.3) is 0 Å². The molecule has 3 atom stereocenters. The van der Waals surface area contributed by atoms with Gasteiger partial charge in [-0.05, 0) is 23.4 Å². The SMILES string of the molecule is C=C(Br)C[C@@H](C)C(=O)N1C(=O)O[C@H](c2ccccc2)[C@@H]1C. The van der Waals surface area contributed by atoms with E-state index in [1.165, 1.54) is 4.90 Å². The maximum atomic E-state index is 12.4. The van der Waals surface area contributed by atoms with Crippen molar-refractivity contribution in [3.63, 3.8) is 0 Å². The van der Waals surface area contributed by atoms with Crippen LogP contribution in [0.25, 0.3) is 0 Å². The zero-order valence-electron chi connectivity index (χ0n) is 12.1. The molecule has 112 valence electrons. The van der Waals surface area contributed by atoms with Gasteiger partial charge in [-0.1, -0.05) is 59.8 Å². The van der Waals surface area contributed by atoms with Crippen molar-refractivity contribution in [3.8, 4) is 0 Å². The Kier molecular flexibility index (Phi) is 4.83. The van der Waals surface area contributed by atoms with Crippen LogP contribution in [-0.2, 0) is 9.53 Å². The summed E-state index contributed by atoms with van der Waals surface area (Å²) < 4.78 is 6.12. The van der Waals surface area contributed by atoms with Crippen LogP contribution in [-0.4, -0.2) is 22.9 Å². The molecule has 0 aromatic heterocycles. The highest BCUT2D eigenvalue weighted by molar-refractivity contribution is 9.11. The Morgan fingerprint density at radius 2 is 2.05 bits per heavy atom. The Morgan fingerprint density at radius 3 is 2.62 bits per heavy atom. The Balaban J connectivity index is 2.17. The Morgan fingerprint density at radius 1 is 1.43 bits per heavy atom. The number of carbonyl (C=O) groups is 2. The van der Waals surface area contributed by atoms with Crippen LogP contribution in [0.3, 0.4) is 0 Å². The molecule has 1 saturated heterocycles. The van der Waals surface area contributed by atoms with Crippen LogP contribution in [0.2, 0.25) is 0 Å². The predicted octanol–water partition coefficient (Wildman–Crippen LogP) is 4.03. The number of hydrogen-bond donors (Lipinski definition) is 0. The Labute approximate surface area is 132 Å². The Hall–Kier alpha value is -1.62. The maximum Gasteiger partial charge on any atom is 0.417 e. The van der Waals surface area contributed by atoms with Gasteiger partial charge in [0, 0.05) is 5.92 Å². The number of halogens is 1. The number of cyclic esters (lactones) is 1. The normalized spacial score (nSPS) is 22.8. The molecular formula is C16H18BrNO3. The third-order valence-corrected chi connectivity index (χ3v) is 3.91. The van der Waals surface area contributed by atoms with Crippen molar-refractivity contribution in [2.24, 2.45) is 5.92 Å². The second kappa shape index (κ2) is 6.43. The van der Waals surface area contributed by atoms with E-state index >= 15 is 0 Å². The van der Waals surface area contributed by atoms with Gasteiger partial charge < -0.3 is 4.74 Å². The molecule has 1 aromatic rings. The lowest BCUT2D eigenvalue weighted by Crippen LogP contribution is -2.41. The summed E-state index contributed by atoms with van der Waals surface area (Å²) in [7, 11) is 0. The van der Waals surface area contributed by atoms with Crippen molar-refractivity contribution in [2.45, 2.75) is 32.4 Å². The highest BCUT2D eigenvalue weighted by atomic mass is 79.9. The second-order valence-corrected chi connectivity index (χ2v) is 6.41. The third kappa shape index (κ3) is 3.35. The number of rotatable bonds is 4. The molecule has 0 spiro atoms. The van der Waals surface area contributed by atoms with E-state index in [1.54, 1.807) is 6.92 Å². The molecule has 0 N–H and O–H groups in total. The van der Waals surface area contributed by atoms with Crippen molar-refractivity contribution in [1.82, 2.24) is 4.90 Å². The quantitative estimate of drug-likeness (QED) is 0.822. The van der Waals surface area contributed by atoms with E-state index in [-0.39, 0.29) is 17.9 Å². The van der Waals surface area contributed by atoms with E-state index in [4.69, 9.17) is 4.74 Å². The first-order valence-electron chi connectivity index (χ1n) is 6.83. The number of ether oxygens (including phenoxy) is 1. The van der Waals surface area contributed by atoms with E-state index in [0.717, 1.165) is 10.0 Å². The summed E-state index contributed by atoms with van der Waals surface area (Å²) in [6.07, 6.45) is -0.499. The summed E-state index contributed by atoms with van der Waals surface area (Å²) in [5, 5.41) is 0. The summed E-state index contributed by atoms with van der Waals surface area (Å²) in [5.41, 5.74) is 0.895. The first-order valence-corrected chi connectivity index (χ1v) is 7.63. The van der Waals surface area contributed by atoms with E-state index in [0.29, 0.717) is 6.42 Å². The smallest absolute Gasteiger partial charge is 0.417 e. The molecule has 0 radical (unpaired) electrons. The number of benzene rings is 1. The van der Waals surface area contributed by atoms with Crippen LogP contribution in [0.4, 0.5) is 4.79 Å². The highest BCUT2D eigenvalue weighted by Crippen LogP contribution is 2.33. The molecular weight excluding hydrogens is 334 g/mol. The van der Waals surface area contributed by atoms with Gasteiger partial charge in [-0.2, -0.15) is 0 Å². The number of carbonyl (C=O) groups excluding carboxylic acids is 2. The number of nitrogens with zero attached hydrogens (tertiary/aromatic N) is 1. The summed E-state index contributed by atoms with van der Waals surface area (Å²) in [6, 6.07) is 9.14. The first-order chi connectivity index (χ1) is 9.91. The maximum absolute atomic E-state index is 12.4. The van der Waals surface area contributed by atoms with Crippen molar-refractivity contribution in [2.75, 3.05) is 0 Å². The van der Waals surface area contributed by atoms with Crippen molar-refractivity contribution < 1.29 is 14.3 Å². The third-order valence-electron chi connectivity index (χ3n) is 3.58. The van der Waals surface area contributed by atoms with E-state index < -0.39 is 12.2 Å². The second-order valence-electron chi connectivity index (χ2n) is 5.29. The van der Waals surface area contributed by atoms with Crippen LogP contribution in [0.1, 0.15) is 31.9 Å². The van der Waals surface area contributed by atoms with Crippen molar-refractivity contribution >= 4 is 27.9 Å². The molecule has 1 aliphatic rings. The van der Waals surface area contributed by atoms with Gasteiger partial charge in [-0.3, -0.25) is 4.79 Å². The van der Waals surface area contributed by atoms with Crippen LogP contribution < -0.4 is 0 Å². The topological polar surface area (TPSA) is 46.6 Å². The zero-order valence-corrected chi connectivity index (χ0v) is 13.7. The van der Waals surface area contributed by atoms with Crippen molar-refractivity contribution in [1.29, 1.82) is 0 Å². The van der Waals surface area contributed by atoms with Crippen LogP contribution in [0, 0.1) is 5.92 Å². The fourth-order valence-corrected chi connectivity index (χ4v) is 2.99. The minimum absolute atomic E-state index is 0.230. The molecule has 1 aliphatic heterocycles. The summed E-state index contributed by atoms with van der Waals surface area (Å²) >= 11 is 3.25. The number of hydrogen-bond acceptors (Lipinski definition) is 3. The molecule has 0 unspecified atom stereocenters. The molecule has 0 bridgehead atoms. The molecule has 1 heterocycles. The van der Waals surface area contributed by atoms with E-state index in [1.807, 2.05) is 37.3 Å². The fraction of sp³-hybridized carbons (Fsp3) is 0.375.